The lowest BCUT2D eigenvalue weighted by Gasteiger charge is -2.29. The molecule has 0 amide bonds. The van der Waals surface area contributed by atoms with Crippen molar-refractivity contribution in [1.29, 1.82) is 0 Å². The van der Waals surface area contributed by atoms with E-state index in [1.807, 2.05) is 19.1 Å². The van der Waals surface area contributed by atoms with Crippen LogP contribution in [0.4, 0.5) is 13.2 Å². The topological polar surface area (TPSA) is 0 Å². The van der Waals surface area contributed by atoms with Crippen molar-refractivity contribution in [2.24, 2.45) is 5.92 Å². The summed E-state index contributed by atoms with van der Waals surface area (Å²) in [6.07, 6.45) is 7.91. The van der Waals surface area contributed by atoms with E-state index in [-0.39, 0.29) is 11.7 Å². The van der Waals surface area contributed by atoms with Gasteiger partial charge >= 0.3 is 0 Å². The largest absolute Gasteiger partial charge is 0.207 e. The van der Waals surface area contributed by atoms with Crippen LogP contribution in [-0.2, 0) is 19.3 Å². The van der Waals surface area contributed by atoms with E-state index in [1.165, 1.54) is 0 Å². The van der Waals surface area contributed by atoms with E-state index in [0.717, 1.165) is 62.5 Å². The molecule has 2 aromatic rings. The van der Waals surface area contributed by atoms with Crippen LogP contribution >= 0.6 is 0 Å². The summed E-state index contributed by atoms with van der Waals surface area (Å²) in [4.78, 5) is 0. The molecule has 0 heterocycles. The SMILES string of the molecule is CCCc1ccc(CCC2CCC(c3ccc(CC)c(F)c3F)CC2)c(F)c1. The predicted molar refractivity (Wildman–Crippen MR) is 109 cm³/mol. The first-order chi connectivity index (χ1) is 13.5. The zero-order valence-electron chi connectivity index (χ0n) is 17.0. The van der Waals surface area contributed by atoms with Gasteiger partial charge in [-0.1, -0.05) is 44.5 Å². The van der Waals surface area contributed by atoms with E-state index in [2.05, 4.69) is 6.92 Å². The van der Waals surface area contributed by atoms with Crippen LogP contribution in [0.25, 0.3) is 0 Å². The fourth-order valence-electron chi connectivity index (χ4n) is 4.55. The Morgan fingerprint density at radius 1 is 0.821 bits per heavy atom. The molecule has 1 aliphatic carbocycles. The average Bonchev–Trinajstić information content (AvgIpc) is 2.70. The lowest BCUT2D eigenvalue weighted by molar-refractivity contribution is 0.304. The molecular weight excluding hydrogens is 357 g/mol. The fraction of sp³-hybridized carbons (Fsp3) is 0.520. The summed E-state index contributed by atoms with van der Waals surface area (Å²) in [7, 11) is 0. The minimum absolute atomic E-state index is 0.0896. The lowest BCUT2D eigenvalue weighted by atomic mass is 9.76. The van der Waals surface area contributed by atoms with E-state index < -0.39 is 11.6 Å². The second-order valence-electron chi connectivity index (χ2n) is 8.23. The summed E-state index contributed by atoms with van der Waals surface area (Å²) in [6, 6.07) is 9.14. The number of hydrogen-bond acceptors (Lipinski definition) is 0. The second kappa shape index (κ2) is 9.62. The van der Waals surface area contributed by atoms with E-state index in [9.17, 15) is 13.2 Å². The highest BCUT2D eigenvalue weighted by Crippen LogP contribution is 2.39. The molecule has 152 valence electrons. The van der Waals surface area contributed by atoms with Gasteiger partial charge in [0.05, 0.1) is 0 Å². The highest BCUT2D eigenvalue weighted by Gasteiger charge is 2.26. The van der Waals surface area contributed by atoms with Crippen LogP contribution in [0, 0.1) is 23.4 Å². The van der Waals surface area contributed by atoms with Gasteiger partial charge in [-0.25, -0.2) is 13.2 Å². The maximum absolute atomic E-state index is 14.4. The van der Waals surface area contributed by atoms with Gasteiger partial charge in [0, 0.05) is 0 Å². The molecule has 0 saturated heterocycles. The maximum atomic E-state index is 14.4. The second-order valence-corrected chi connectivity index (χ2v) is 8.23. The number of halogens is 3. The zero-order valence-corrected chi connectivity index (χ0v) is 17.0. The van der Waals surface area contributed by atoms with Crippen LogP contribution in [0.5, 0.6) is 0 Å². The van der Waals surface area contributed by atoms with Gasteiger partial charge in [-0.3, -0.25) is 0 Å². The number of aryl methyl sites for hydroxylation is 3. The summed E-state index contributed by atoms with van der Waals surface area (Å²) < 4.78 is 42.8. The smallest absolute Gasteiger partial charge is 0.162 e. The molecule has 0 unspecified atom stereocenters. The van der Waals surface area contributed by atoms with Gasteiger partial charge in [0.2, 0.25) is 0 Å². The minimum Gasteiger partial charge on any atom is -0.207 e. The summed E-state index contributed by atoms with van der Waals surface area (Å²) in [5, 5.41) is 0. The minimum atomic E-state index is -0.677. The first-order valence-electron chi connectivity index (χ1n) is 10.8. The van der Waals surface area contributed by atoms with Gasteiger partial charge in [0.15, 0.2) is 11.6 Å². The molecule has 0 aromatic heterocycles. The molecule has 1 aliphatic rings. The summed E-state index contributed by atoms with van der Waals surface area (Å²) in [5.74, 6) is -0.787. The third-order valence-electron chi connectivity index (χ3n) is 6.34. The highest BCUT2D eigenvalue weighted by molar-refractivity contribution is 5.29. The predicted octanol–water partition coefficient (Wildman–Crippen LogP) is 7.53. The summed E-state index contributed by atoms with van der Waals surface area (Å²) >= 11 is 0. The van der Waals surface area contributed by atoms with Gasteiger partial charge in [0.1, 0.15) is 5.82 Å². The first-order valence-corrected chi connectivity index (χ1v) is 10.8. The first kappa shape index (κ1) is 21.0. The van der Waals surface area contributed by atoms with Crippen molar-refractivity contribution in [3.63, 3.8) is 0 Å². The van der Waals surface area contributed by atoms with Crippen LogP contribution in [0.2, 0.25) is 0 Å². The molecule has 3 heteroatoms. The van der Waals surface area contributed by atoms with Crippen LogP contribution in [-0.4, -0.2) is 0 Å². The van der Waals surface area contributed by atoms with Crippen molar-refractivity contribution >= 4 is 0 Å². The van der Waals surface area contributed by atoms with Crippen molar-refractivity contribution in [3.05, 3.63) is 70.0 Å². The molecule has 2 aromatic carbocycles. The molecule has 28 heavy (non-hydrogen) atoms. The Morgan fingerprint density at radius 3 is 2.18 bits per heavy atom. The van der Waals surface area contributed by atoms with Gasteiger partial charge in [-0.05, 0) is 91.5 Å². The molecule has 0 atom stereocenters. The Morgan fingerprint density at radius 2 is 1.54 bits per heavy atom. The fourth-order valence-corrected chi connectivity index (χ4v) is 4.55. The average molecular weight is 389 g/mol. The van der Waals surface area contributed by atoms with E-state index >= 15 is 0 Å². The van der Waals surface area contributed by atoms with Crippen LogP contribution in [0.1, 0.15) is 80.5 Å². The maximum Gasteiger partial charge on any atom is 0.162 e. The Bertz CT molecular complexity index is 789. The molecule has 0 N–H and O–H groups in total. The van der Waals surface area contributed by atoms with Gasteiger partial charge in [-0.2, -0.15) is 0 Å². The van der Waals surface area contributed by atoms with Crippen molar-refractivity contribution in [2.75, 3.05) is 0 Å². The molecule has 0 bridgehead atoms. The van der Waals surface area contributed by atoms with Crippen LogP contribution in [0.3, 0.4) is 0 Å². The van der Waals surface area contributed by atoms with Crippen LogP contribution < -0.4 is 0 Å². The molecule has 0 aliphatic heterocycles. The third kappa shape index (κ3) is 4.79. The zero-order chi connectivity index (χ0) is 20.1. The number of benzene rings is 2. The molecule has 1 saturated carbocycles. The molecule has 0 radical (unpaired) electrons. The summed E-state index contributed by atoms with van der Waals surface area (Å²) in [5.41, 5.74) is 2.84. The summed E-state index contributed by atoms with van der Waals surface area (Å²) in [6.45, 7) is 3.93. The number of rotatable bonds is 7. The van der Waals surface area contributed by atoms with E-state index in [1.54, 1.807) is 18.2 Å². The van der Waals surface area contributed by atoms with E-state index in [4.69, 9.17) is 0 Å². The van der Waals surface area contributed by atoms with Gasteiger partial charge < -0.3 is 0 Å². The standard InChI is InChI=1S/C25H31F3/c1-3-5-18-9-13-21(23(26)16-18)12-8-17-6-10-20(11-7-17)22-15-14-19(4-2)24(27)25(22)28/h9,13-17,20H,3-8,10-12H2,1-2H3. The Hall–Kier alpha value is -1.77. The highest BCUT2D eigenvalue weighted by atomic mass is 19.2. The van der Waals surface area contributed by atoms with Crippen molar-refractivity contribution in [1.82, 2.24) is 0 Å². The van der Waals surface area contributed by atoms with E-state index in [0.29, 0.717) is 23.5 Å². The van der Waals surface area contributed by atoms with Gasteiger partial charge in [-0.15, -0.1) is 0 Å². The monoisotopic (exact) mass is 388 g/mol. The Balaban J connectivity index is 1.54. The molecule has 0 nitrogen and oxygen atoms in total. The number of hydrogen-bond donors (Lipinski definition) is 0. The molecular formula is C25H31F3. The Labute approximate surface area is 167 Å². The van der Waals surface area contributed by atoms with Gasteiger partial charge in [0.25, 0.3) is 0 Å². The Kier molecular flexibility index (Phi) is 7.20. The van der Waals surface area contributed by atoms with Crippen LogP contribution in [0.15, 0.2) is 30.3 Å². The molecule has 1 fully saturated rings. The van der Waals surface area contributed by atoms with Crippen molar-refractivity contribution in [3.8, 4) is 0 Å². The van der Waals surface area contributed by atoms with Crippen molar-refractivity contribution in [2.45, 2.75) is 77.6 Å². The quantitative estimate of drug-likeness (QED) is 0.460. The van der Waals surface area contributed by atoms with Crippen molar-refractivity contribution < 1.29 is 13.2 Å². The third-order valence-corrected chi connectivity index (χ3v) is 6.34. The lowest BCUT2D eigenvalue weighted by Crippen LogP contribution is -2.16. The normalized spacial score (nSPS) is 19.8. The molecule has 0 spiro atoms. The molecule has 3 rings (SSSR count).